The van der Waals surface area contributed by atoms with Gasteiger partial charge in [-0.25, -0.2) is 0 Å². The van der Waals surface area contributed by atoms with E-state index in [1.165, 1.54) is 12.7 Å². The largest absolute Gasteiger partial charge is 0.469 e. The monoisotopic (exact) mass is 377 g/mol. The zero-order valence-corrected chi connectivity index (χ0v) is 17.0. The van der Waals surface area contributed by atoms with E-state index in [0.29, 0.717) is 25.6 Å². The van der Waals surface area contributed by atoms with Crippen LogP contribution in [0.1, 0.15) is 44.6 Å². The fourth-order valence-electron chi connectivity index (χ4n) is 2.56. The van der Waals surface area contributed by atoms with Crippen LogP contribution in [0.4, 0.5) is 0 Å². The highest BCUT2D eigenvalue weighted by atomic mass is 16.5. The molecule has 0 aliphatic rings. The molecule has 0 saturated carbocycles. The fraction of sp³-hybridized carbons (Fsp3) is 0.619. The van der Waals surface area contributed by atoms with Gasteiger partial charge < -0.3 is 20.1 Å². The number of unbranched alkanes of at least 4 members (excludes halogenated alkanes) is 3. The SMILES string of the molecule is CN=C(NCCCCCCC(=O)OC)NCC(C)COCc1ccccc1. The predicted octanol–water partition coefficient (Wildman–Crippen LogP) is 3.13. The van der Waals surface area contributed by atoms with Crippen molar-refractivity contribution in [3.05, 3.63) is 35.9 Å². The molecule has 1 rings (SSSR count). The average molecular weight is 378 g/mol. The second-order valence-corrected chi connectivity index (χ2v) is 6.73. The number of carbonyl (C=O) groups excluding carboxylic acids is 1. The van der Waals surface area contributed by atoms with Crippen LogP contribution in [0.3, 0.4) is 0 Å². The third-order valence-electron chi connectivity index (χ3n) is 4.18. The smallest absolute Gasteiger partial charge is 0.305 e. The molecule has 0 aromatic heterocycles. The maximum absolute atomic E-state index is 11.0. The topological polar surface area (TPSA) is 72.0 Å². The van der Waals surface area contributed by atoms with Gasteiger partial charge in [-0.05, 0) is 24.3 Å². The molecule has 6 nitrogen and oxygen atoms in total. The molecule has 152 valence electrons. The number of aliphatic imine (C=N–C) groups is 1. The third kappa shape index (κ3) is 12.0. The number of guanidine groups is 1. The quantitative estimate of drug-likeness (QED) is 0.239. The Bertz CT molecular complexity index is 535. The second kappa shape index (κ2) is 15.0. The van der Waals surface area contributed by atoms with Crippen LogP contribution in [0.25, 0.3) is 0 Å². The third-order valence-corrected chi connectivity index (χ3v) is 4.18. The van der Waals surface area contributed by atoms with E-state index in [-0.39, 0.29) is 5.97 Å². The highest BCUT2D eigenvalue weighted by molar-refractivity contribution is 5.79. The van der Waals surface area contributed by atoms with E-state index in [9.17, 15) is 4.79 Å². The van der Waals surface area contributed by atoms with Gasteiger partial charge in [0.1, 0.15) is 0 Å². The van der Waals surface area contributed by atoms with Crippen molar-refractivity contribution in [3.63, 3.8) is 0 Å². The summed E-state index contributed by atoms with van der Waals surface area (Å²) in [5.41, 5.74) is 1.20. The first-order chi connectivity index (χ1) is 13.2. The van der Waals surface area contributed by atoms with E-state index < -0.39 is 0 Å². The molecule has 0 aliphatic heterocycles. The summed E-state index contributed by atoms with van der Waals surface area (Å²) in [4.78, 5) is 15.3. The number of hydrogen-bond acceptors (Lipinski definition) is 4. The predicted molar refractivity (Wildman–Crippen MR) is 110 cm³/mol. The number of nitrogens with one attached hydrogen (secondary N) is 2. The summed E-state index contributed by atoms with van der Waals surface area (Å²) in [6, 6.07) is 10.2. The maximum atomic E-state index is 11.0. The summed E-state index contributed by atoms with van der Waals surface area (Å²) in [6.07, 6.45) is 4.58. The number of esters is 1. The second-order valence-electron chi connectivity index (χ2n) is 6.73. The maximum Gasteiger partial charge on any atom is 0.305 e. The molecule has 0 heterocycles. The Hall–Kier alpha value is -2.08. The summed E-state index contributed by atoms with van der Waals surface area (Å²) in [5.74, 6) is 1.09. The van der Waals surface area contributed by atoms with Crippen LogP contribution < -0.4 is 10.6 Å². The van der Waals surface area contributed by atoms with Gasteiger partial charge in [-0.3, -0.25) is 9.79 Å². The standard InChI is InChI=1S/C21H35N3O3/c1-18(16-27-17-19-11-7-6-8-12-19)15-24-21(22-2)23-14-10-5-4-9-13-20(25)26-3/h6-8,11-12,18H,4-5,9-10,13-17H2,1-3H3,(H2,22,23,24). The molecule has 0 saturated heterocycles. The molecule has 0 bridgehead atoms. The van der Waals surface area contributed by atoms with Gasteiger partial charge in [0.25, 0.3) is 0 Å². The minimum atomic E-state index is -0.125. The lowest BCUT2D eigenvalue weighted by molar-refractivity contribution is -0.140. The number of methoxy groups -OCH3 is 1. The number of rotatable bonds is 13. The molecule has 0 radical (unpaired) electrons. The van der Waals surface area contributed by atoms with Gasteiger partial charge in [-0.1, -0.05) is 50.1 Å². The Balaban J connectivity index is 2.03. The summed E-state index contributed by atoms with van der Waals surface area (Å²) in [7, 11) is 3.21. The minimum Gasteiger partial charge on any atom is -0.469 e. The van der Waals surface area contributed by atoms with Crippen LogP contribution in [0.5, 0.6) is 0 Å². The van der Waals surface area contributed by atoms with Crippen molar-refractivity contribution in [2.24, 2.45) is 10.9 Å². The Morgan fingerprint density at radius 1 is 1.11 bits per heavy atom. The minimum absolute atomic E-state index is 0.125. The van der Waals surface area contributed by atoms with Crippen LogP contribution in [-0.2, 0) is 20.9 Å². The van der Waals surface area contributed by atoms with Crippen molar-refractivity contribution < 1.29 is 14.3 Å². The summed E-state index contributed by atoms with van der Waals surface area (Å²) >= 11 is 0. The molecule has 0 spiro atoms. The zero-order valence-electron chi connectivity index (χ0n) is 17.0. The fourth-order valence-corrected chi connectivity index (χ4v) is 2.56. The summed E-state index contributed by atoms with van der Waals surface area (Å²) < 4.78 is 10.4. The molecule has 27 heavy (non-hydrogen) atoms. The molecule has 0 amide bonds. The highest BCUT2D eigenvalue weighted by Gasteiger charge is 2.05. The first kappa shape index (κ1) is 23.0. The first-order valence-corrected chi connectivity index (χ1v) is 9.78. The van der Waals surface area contributed by atoms with E-state index in [4.69, 9.17) is 4.74 Å². The number of benzene rings is 1. The molecule has 6 heteroatoms. The first-order valence-electron chi connectivity index (χ1n) is 9.78. The lowest BCUT2D eigenvalue weighted by atomic mass is 10.1. The van der Waals surface area contributed by atoms with Crippen molar-refractivity contribution in [2.45, 2.75) is 45.6 Å². The van der Waals surface area contributed by atoms with E-state index in [1.807, 2.05) is 18.2 Å². The van der Waals surface area contributed by atoms with Crippen molar-refractivity contribution >= 4 is 11.9 Å². The molecule has 1 unspecified atom stereocenters. The van der Waals surface area contributed by atoms with Gasteiger partial charge in [0.15, 0.2) is 5.96 Å². The Kier molecular flexibility index (Phi) is 12.8. The summed E-state index contributed by atoms with van der Waals surface area (Å²) in [6.45, 7) is 5.20. The van der Waals surface area contributed by atoms with Crippen LogP contribution >= 0.6 is 0 Å². The molecule has 2 N–H and O–H groups in total. The molecule has 1 aromatic carbocycles. The number of ether oxygens (including phenoxy) is 2. The van der Waals surface area contributed by atoms with Gasteiger partial charge in [0, 0.05) is 26.6 Å². The van der Waals surface area contributed by atoms with Crippen LogP contribution in [-0.4, -0.2) is 45.8 Å². The summed E-state index contributed by atoms with van der Waals surface area (Å²) in [5, 5.41) is 6.66. The lowest BCUT2D eigenvalue weighted by Crippen LogP contribution is -2.40. The molecule has 0 fully saturated rings. The normalized spacial score (nSPS) is 12.5. The Labute approximate surface area is 163 Å². The molecular formula is C21H35N3O3. The Morgan fingerprint density at radius 2 is 1.85 bits per heavy atom. The molecule has 1 aromatic rings. The van der Waals surface area contributed by atoms with Gasteiger partial charge in [0.2, 0.25) is 0 Å². The van der Waals surface area contributed by atoms with Crippen molar-refractivity contribution in [1.82, 2.24) is 10.6 Å². The van der Waals surface area contributed by atoms with Gasteiger partial charge in [-0.15, -0.1) is 0 Å². The van der Waals surface area contributed by atoms with E-state index >= 15 is 0 Å². The van der Waals surface area contributed by atoms with Gasteiger partial charge in [-0.2, -0.15) is 0 Å². The number of hydrogen-bond donors (Lipinski definition) is 2. The van der Waals surface area contributed by atoms with Crippen LogP contribution in [0, 0.1) is 5.92 Å². The van der Waals surface area contributed by atoms with Crippen LogP contribution in [0.2, 0.25) is 0 Å². The number of carbonyl (C=O) groups is 1. The highest BCUT2D eigenvalue weighted by Crippen LogP contribution is 2.04. The van der Waals surface area contributed by atoms with Crippen molar-refractivity contribution in [1.29, 1.82) is 0 Å². The van der Waals surface area contributed by atoms with Crippen molar-refractivity contribution in [3.8, 4) is 0 Å². The molecular weight excluding hydrogens is 342 g/mol. The zero-order chi connectivity index (χ0) is 19.7. The van der Waals surface area contributed by atoms with Gasteiger partial charge >= 0.3 is 5.97 Å². The van der Waals surface area contributed by atoms with E-state index in [1.54, 1.807) is 7.05 Å². The Morgan fingerprint density at radius 3 is 2.56 bits per heavy atom. The number of nitrogens with zero attached hydrogens (tertiary/aromatic N) is 1. The van der Waals surface area contributed by atoms with Gasteiger partial charge in [0.05, 0.1) is 20.3 Å². The average Bonchev–Trinajstić information content (AvgIpc) is 2.70. The van der Waals surface area contributed by atoms with E-state index in [2.05, 4.69) is 39.4 Å². The molecule has 0 aliphatic carbocycles. The van der Waals surface area contributed by atoms with Crippen molar-refractivity contribution in [2.75, 3.05) is 33.9 Å². The van der Waals surface area contributed by atoms with Crippen LogP contribution in [0.15, 0.2) is 35.3 Å². The molecule has 1 atom stereocenters. The lowest BCUT2D eigenvalue weighted by Gasteiger charge is -2.16. The van der Waals surface area contributed by atoms with E-state index in [0.717, 1.165) is 44.7 Å².